The first-order valence-corrected chi connectivity index (χ1v) is 7.96. The third-order valence-electron chi connectivity index (χ3n) is 3.54. The SMILES string of the molecule is CCOC(=O)C1C(=O)/C(=C\c2ccc(OC)cc2)N=C1/C=C/N(C)C. The molecule has 1 aromatic rings. The molecule has 1 heterocycles. The van der Waals surface area contributed by atoms with E-state index in [0.717, 1.165) is 11.3 Å². The quantitative estimate of drug-likeness (QED) is 0.451. The number of aliphatic imine (C=N–C) groups is 1. The zero-order valence-corrected chi connectivity index (χ0v) is 14.9. The molecule has 0 aromatic heterocycles. The molecule has 2 rings (SSSR count). The van der Waals surface area contributed by atoms with E-state index in [2.05, 4.69) is 4.99 Å². The number of Topliss-reactive ketones (excluding diaryl/α,β-unsaturated/α-hetero) is 1. The number of ether oxygens (including phenoxy) is 2. The van der Waals surface area contributed by atoms with E-state index in [1.54, 1.807) is 49.4 Å². The average Bonchev–Trinajstić information content (AvgIpc) is 2.89. The van der Waals surface area contributed by atoms with Gasteiger partial charge in [0, 0.05) is 20.3 Å². The number of nitrogens with zero attached hydrogens (tertiary/aromatic N) is 2. The molecule has 1 aliphatic heterocycles. The van der Waals surface area contributed by atoms with Gasteiger partial charge < -0.3 is 14.4 Å². The van der Waals surface area contributed by atoms with E-state index in [9.17, 15) is 9.59 Å². The van der Waals surface area contributed by atoms with E-state index < -0.39 is 11.9 Å². The summed E-state index contributed by atoms with van der Waals surface area (Å²) in [5.41, 5.74) is 1.42. The zero-order valence-electron chi connectivity index (χ0n) is 14.9. The van der Waals surface area contributed by atoms with Gasteiger partial charge in [0.2, 0.25) is 5.78 Å². The number of methoxy groups -OCH3 is 1. The van der Waals surface area contributed by atoms with Gasteiger partial charge in [0.25, 0.3) is 0 Å². The monoisotopic (exact) mass is 342 g/mol. The van der Waals surface area contributed by atoms with Crippen LogP contribution in [0.5, 0.6) is 5.75 Å². The van der Waals surface area contributed by atoms with E-state index in [0.29, 0.717) is 5.71 Å². The average molecular weight is 342 g/mol. The number of allylic oxidation sites excluding steroid dienone is 2. The molecule has 0 fully saturated rings. The highest BCUT2D eigenvalue weighted by molar-refractivity contribution is 6.31. The first kappa shape index (κ1) is 18.4. The number of esters is 1. The van der Waals surface area contributed by atoms with E-state index >= 15 is 0 Å². The number of ketones is 1. The maximum atomic E-state index is 12.6. The highest BCUT2D eigenvalue weighted by Gasteiger charge is 2.39. The van der Waals surface area contributed by atoms with Crippen LogP contribution >= 0.6 is 0 Å². The third kappa shape index (κ3) is 4.56. The van der Waals surface area contributed by atoms with Gasteiger partial charge >= 0.3 is 5.97 Å². The molecule has 0 aliphatic carbocycles. The molecule has 25 heavy (non-hydrogen) atoms. The number of carbonyl (C=O) groups excluding carboxylic acids is 2. The Hall–Kier alpha value is -2.89. The summed E-state index contributed by atoms with van der Waals surface area (Å²) >= 11 is 0. The minimum absolute atomic E-state index is 0.213. The van der Waals surface area contributed by atoms with Crippen molar-refractivity contribution in [3.05, 3.63) is 47.8 Å². The van der Waals surface area contributed by atoms with Crippen LogP contribution < -0.4 is 4.74 Å². The summed E-state index contributed by atoms with van der Waals surface area (Å²) in [5, 5.41) is 0. The van der Waals surface area contributed by atoms with Crippen LogP contribution in [0.1, 0.15) is 12.5 Å². The molecule has 0 amide bonds. The van der Waals surface area contributed by atoms with Crippen molar-refractivity contribution in [3.8, 4) is 5.75 Å². The first-order chi connectivity index (χ1) is 12.0. The molecule has 6 heteroatoms. The summed E-state index contributed by atoms with van der Waals surface area (Å²) in [4.78, 5) is 31.0. The molecular weight excluding hydrogens is 320 g/mol. The van der Waals surface area contributed by atoms with Crippen molar-refractivity contribution >= 4 is 23.5 Å². The molecule has 6 nitrogen and oxygen atoms in total. The summed E-state index contributed by atoms with van der Waals surface area (Å²) in [5.74, 6) is -1.22. The summed E-state index contributed by atoms with van der Waals surface area (Å²) < 4.78 is 10.1. The van der Waals surface area contributed by atoms with Crippen LogP contribution in [0, 0.1) is 5.92 Å². The molecule has 0 saturated carbocycles. The fourth-order valence-electron chi connectivity index (χ4n) is 2.31. The van der Waals surface area contributed by atoms with Crippen molar-refractivity contribution in [3.63, 3.8) is 0 Å². The number of benzene rings is 1. The van der Waals surface area contributed by atoms with Crippen molar-refractivity contribution in [2.24, 2.45) is 10.9 Å². The Morgan fingerprint density at radius 3 is 2.52 bits per heavy atom. The molecule has 0 bridgehead atoms. The fourth-order valence-corrected chi connectivity index (χ4v) is 2.31. The Balaban J connectivity index is 2.35. The lowest BCUT2D eigenvalue weighted by Gasteiger charge is -2.09. The summed E-state index contributed by atoms with van der Waals surface area (Å²) in [6.45, 7) is 1.92. The van der Waals surface area contributed by atoms with Crippen LogP contribution in [0.25, 0.3) is 6.08 Å². The molecule has 0 spiro atoms. The van der Waals surface area contributed by atoms with Gasteiger partial charge in [-0.15, -0.1) is 0 Å². The second kappa shape index (κ2) is 8.28. The van der Waals surface area contributed by atoms with Crippen LogP contribution in [0.3, 0.4) is 0 Å². The lowest BCUT2D eigenvalue weighted by molar-refractivity contribution is -0.147. The van der Waals surface area contributed by atoms with Crippen LogP contribution in [0.15, 0.2) is 47.2 Å². The molecule has 1 unspecified atom stereocenters. The van der Waals surface area contributed by atoms with Crippen molar-refractivity contribution < 1.29 is 19.1 Å². The minimum atomic E-state index is -1.01. The van der Waals surface area contributed by atoms with Gasteiger partial charge in [0.15, 0.2) is 5.92 Å². The summed E-state index contributed by atoms with van der Waals surface area (Å²) in [6.07, 6.45) is 5.06. The Kier molecular flexibility index (Phi) is 6.11. The van der Waals surface area contributed by atoms with E-state index in [-0.39, 0.29) is 18.1 Å². The van der Waals surface area contributed by atoms with Gasteiger partial charge in [-0.1, -0.05) is 12.1 Å². The fraction of sp³-hybridized carbons (Fsp3) is 0.316. The van der Waals surface area contributed by atoms with E-state index in [1.165, 1.54) is 0 Å². The van der Waals surface area contributed by atoms with Crippen molar-refractivity contribution in [2.75, 3.05) is 27.8 Å². The predicted molar refractivity (Wildman–Crippen MR) is 96.4 cm³/mol. The molecule has 0 radical (unpaired) electrons. The molecule has 132 valence electrons. The van der Waals surface area contributed by atoms with Gasteiger partial charge in [-0.25, -0.2) is 4.99 Å². The van der Waals surface area contributed by atoms with Gasteiger partial charge in [0.1, 0.15) is 11.4 Å². The van der Waals surface area contributed by atoms with E-state index in [4.69, 9.17) is 9.47 Å². The molecule has 0 N–H and O–H groups in total. The second-order valence-electron chi connectivity index (χ2n) is 5.67. The van der Waals surface area contributed by atoms with Gasteiger partial charge in [-0.05, 0) is 36.8 Å². The number of rotatable bonds is 6. The maximum absolute atomic E-state index is 12.6. The van der Waals surface area contributed by atoms with Crippen LogP contribution in [0.2, 0.25) is 0 Å². The van der Waals surface area contributed by atoms with Gasteiger partial charge in [-0.3, -0.25) is 9.59 Å². The molecule has 0 saturated heterocycles. The van der Waals surface area contributed by atoms with Crippen molar-refractivity contribution in [1.29, 1.82) is 0 Å². The normalized spacial score (nSPS) is 18.6. The zero-order chi connectivity index (χ0) is 18.4. The third-order valence-corrected chi connectivity index (χ3v) is 3.54. The van der Waals surface area contributed by atoms with Gasteiger partial charge in [0.05, 0.1) is 19.4 Å². The smallest absolute Gasteiger partial charge is 0.323 e. The van der Waals surface area contributed by atoms with E-state index in [1.807, 2.05) is 26.2 Å². The van der Waals surface area contributed by atoms with Crippen LogP contribution in [-0.2, 0) is 14.3 Å². The lowest BCUT2D eigenvalue weighted by atomic mass is 9.99. The molecule has 1 aliphatic rings. The Morgan fingerprint density at radius 2 is 1.96 bits per heavy atom. The largest absolute Gasteiger partial charge is 0.497 e. The van der Waals surface area contributed by atoms with Crippen molar-refractivity contribution in [2.45, 2.75) is 6.92 Å². The highest BCUT2D eigenvalue weighted by atomic mass is 16.5. The topological polar surface area (TPSA) is 68.2 Å². The lowest BCUT2D eigenvalue weighted by Crippen LogP contribution is -2.28. The number of carbonyl (C=O) groups is 2. The second-order valence-corrected chi connectivity index (χ2v) is 5.67. The molecule has 1 aromatic carbocycles. The number of hydrogen-bond donors (Lipinski definition) is 0. The minimum Gasteiger partial charge on any atom is -0.497 e. The number of hydrogen-bond acceptors (Lipinski definition) is 6. The molecular formula is C19H22N2O4. The highest BCUT2D eigenvalue weighted by Crippen LogP contribution is 2.25. The van der Waals surface area contributed by atoms with Gasteiger partial charge in [-0.2, -0.15) is 0 Å². The maximum Gasteiger partial charge on any atom is 0.323 e. The Morgan fingerprint density at radius 1 is 1.28 bits per heavy atom. The Labute approximate surface area is 147 Å². The summed E-state index contributed by atoms with van der Waals surface area (Å²) in [7, 11) is 5.29. The summed E-state index contributed by atoms with van der Waals surface area (Å²) in [6, 6.07) is 7.24. The van der Waals surface area contributed by atoms with Crippen LogP contribution in [0.4, 0.5) is 0 Å². The van der Waals surface area contributed by atoms with Crippen LogP contribution in [-0.4, -0.2) is 50.2 Å². The first-order valence-electron chi connectivity index (χ1n) is 7.96. The standard InChI is InChI=1S/C19H22N2O4/c1-5-25-19(23)17-15(10-11-21(2)3)20-16(18(17)22)12-13-6-8-14(24-4)9-7-13/h6-12,17H,5H2,1-4H3/b11-10+,16-12+. The van der Waals surface area contributed by atoms with Crippen molar-refractivity contribution in [1.82, 2.24) is 4.90 Å². The predicted octanol–water partition coefficient (Wildman–Crippen LogP) is 2.31. The molecule has 1 atom stereocenters. The Bertz CT molecular complexity index is 730.